The second-order valence-corrected chi connectivity index (χ2v) is 4.22. The Morgan fingerprint density at radius 1 is 1.58 bits per heavy atom. The van der Waals surface area contributed by atoms with Crippen molar-refractivity contribution in [3.63, 3.8) is 0 Å². The van der Waals surface area contributed by atoms with E-state index in [0.717, 1.165) is 5.56 Å². The zero-order valence-corrected chi connectivity index (χ0v) is 8.60. The molecular formula is C8H7BrClNO. The van der Waals surface area contributed by atoms with Crippen LogP contribution in [0.5, 0.6) is 0 Å². The van der Waals surface area contributed by atoms with Crippen LogP contribution in [0.1, 0.15) is 24.3 Å². The molecule has 0 spiro atoms. The largest absolute Gasteiger partial charge is 0.618 e. The molecule has 0 bridgehead atoms. The predicted octanol–water partition coefficient (Wildman–Crippen LogP) is 2.61. The van der Waals surface area contributed by atoms with Crippen LogP contribution in [0.2, 0.25) is 5.15 Å². The molecule has 2 rings (SSSR count). The van der Waals surface area contributed by atoms with Crippen molar-refractivity contribution >= 4 is 27.5 Å². The second kappa shape index (κ2) is 2.89. The Bertz CT molecular complexity index is 302. The molecule has 1 aliphatic carbocycles. The van der Waals surface area contributed by atoms with Gasteiger partial charge >= 0.3 is 5.15 Å². The molecule has 1 aliphatic rings. The van der Waals surface area contributed by atoms with Gasteiger partial charge in [0, 0.05) is 5.56 Å². The van der Waals surface area contributed by atoms with Gasteiger partial charge < -0.3 is 5.21 Å². The highest BCUT2D eigenvalue weighted by atomic mass is 79.9. The predicted molar refractivity (Wildman–Crippen MR) is 50.1 cm³/mol. The van der Waals surface area contributed by atoms with Crippen LogP contribution in [0.25, 0.3) is 0 Å². The van der Waals surface area contributed by atoms with E-state index >= 15 is 0 Å². The first-order valence-corrected chi connectivity index (χ1v) is 4.93. The average molecular weight is 249 g/mol. The third kappa shape index (κ3) is 1.43. The van der Waals surface area contributed by atoms with Gasteiger partial charge in [0.25, 0.3) is 0 Å². The fourth-order valence-corrected chi connectivity index (χ4v) is 1.72. The zero-order chi connectivity index (χ0) is 8.72. The molecular weight excluding hydrogens is 241 g/mol. The summed E-state index contributed by atoms with van der Waals surface area (Å²) in [7, 11) is 0. The van der Waals surface area contributed by atoms with E-state index < -0.39 is 0 Å². The van der Waals surface area contributed by atoms with Crippen molar-refractivity contribution in [3.8, 4) is 0 Å². The van der Waals surface area contributed by atoms with Crippen LogP contribution < -0.4 is 4.73 Å². The quantitative estimate of drug-likeness (QED) is 0.426. The highest BCUT2D eigenvalue weighted by Crippen LogP contribution is 2.40. The Morgan fingerprint density at radius 2 is 2.25 bits per heavy atom. The lowest BCUT2D eigenvalue weighted by molar-refractivity contribution is -0.604. The van der Waals surface area contributed by atoms with Crippen LogP contribution in [0.15, 0.2) is 16.7 Å². The van der Waals surface area contributed by atoms with Gasteiger partial charge in [0.15, 0.2) is 6.20 Å². The first-order chi connectivity index (χ1) is 5.68. The molecule has 2 nitrogen and oxygen atoms in total. The number of halogens is 2. The van der Waals surface area contributed by atoms with Crippen molar-refractivity contribution in [2.45, 2.75) is 18.8 Å². The van der Waals surface area contributed by atoms with Crippen LogP contribution in [0, 0.1) is 5.21 Å². The SMILES string of the molecule is [O-][n+]1cc(C2CC2)cc(Br)c1Cl. The summed E-state index contributed by atoms with van der Waals surface area (Å²) >= 11 is 8.92. The van der Waals surface area contributed by atoms with Crippen molar-refractivity contribution in [2.24, 2.45) is 0 Å². The monoisotopic (exact) mass is 247 g/mol. The van der Waals surface area contributed by atoms with Gasteiger partial charge in [0.1, 0.15) is 4.47 Å². The van der Waals surface area contributed by atoms with E-state index in [1.54, 1.807) is 6.20 Å². The molecule has 1 saturated carbocycles. The molecule has 12 heavy (non-hydrogen) atoms. The highest BCUT2D eigenvalue weighted by Gasteiger charge is 2.26. The Kier molecular flexibility index (Phi) is 2.00. The minimum atomic E-state index is 0.208. The van der Waals surface area contributed by atoms with E-state index in [1.165, 1.54) is 12.8 Å². The Labute approximate surface area is 83.9 Å². The van der Waals surface area contributed by atoms with Crippen LogP contribution >= 0.6 is 27.5 Å². The number of hydrogen-bond donors (Lipinski definition) is 0. The molecule has 0 saturated heterocycles. The molecule has 1 fully saturated rings. The van der Waals surface area contributed by atoms with E-state index in [1.807, 2.05) is 6.07 Å². The molecule has 0 unspecified atom stereocenters. The second-order valence-electron chi connectivity index (χ2n) is 3.01. The fourth-order valence-electron chi connectivity index (χ4n) is 1.18. The van der Waals surface area contributed by atoms with Crippen LogP contribution in [0.3, 0.4) is 0 Å². The summed E-state index contributed by atoms with van der Waals surface area (Å²) in [6.45, 7) is 0. The van der Waals surface area contributed by atoms with Gasteiger partial charge in [0.05, 0.1) is 0 Å². The minimum Gasteiger partial charge on any atom is -0.618 e. The lowest BCUT2D eigenvalue weighted by Gasteiger charge is -2.02. The number of rotatable bonds is 1. The molecule has 4 heteroatoms. The third-order valence-corrected chi connectivity index (χ3v) is 3.20. The Balaban J connectivity index is 2.45. The maximum Gasteiger partial charge on any atom is 0.300 e. The molecule has 0 atom stereocenters. The molecule has 0 aliphatic heterocycles. The topological polar surface area (TPSA) is 26.9 Å². The van der Waals surface area contributed by atoms with Gasteiger partial charge in [-0.25, -0.2) is 0 Å². The lowest BCUT2D eigenvalue weighted by atomic mass is 10.2. The number of nitrogens with zero attached hydrogens (tertiary/aromatic N) is 1. The zero-order valence-electron chi connectivity index (χ0n) is 6.26. The van der Waals surface area contributed by atoms with Crippen molar-refractivity contribution in [1.82, 2.24) is 0 Å². The van der Waals surface area contributed by atoms with Crippen molar-refractivity contribution < 1.29 is 4.73 Å². The summed E-state index contributed by atoms with van der Waals surface area (Å²) in [4.78, 5) is 0. The van der Waals surface area contributed by atoms with Gasteiger partial charge in [-0.1, -0.05) is 0 Å². The molecule has 1 aromatic rings. The van der Waals surface area contributed by atoms with Gasteiger partial charge in [-0.05, 0) is 52.4 Å². The van der Waals surface area contributed by atoms with Crippen molar-refractivity contribution in [1.29, 1.82) is 0 Å². The Hall–Kier alpha value is -0.280. The smallest absolute Gasteiger partial charge is 0.300 e. The summed E-state index contributed by atoms with van der Waals surface area (Å²) < 4.78 is 1.39. The van der Waals surface area contributed by atoms with E-state index in [4.69, 9.17) is 11.6 Å². The van der Waals surface area contributed by atoms with Crippen LogP contribution in [0.4, 0.5) is 0 Å². The molecule has 1 heterocycles. The fraction of sp³-hybridized carbons (Fsp3) is 0.375. The standard InChI is InChI=1S/C8H7BrClNO/c9-7-3-6(5-1-2-5)4-11(12)8(7)10/h3-5H,1-2H2. The molecule has 64 valence electrons. The van der Waals surface area contributed by atoms with E-state index in [0.29, 0.717) is 15.1 Å². The van der Waals surface area contributed by atoms with Crippen LogP contribution in [-0.4, -0.2) is 0 Å². The van der Waals surface area contributed by atoms with Gasteiger partial charge in [-0.3, -0.25) is 0 Å². The lowest BCUT2D eigenvalue weighted by Crippen LogP contribution is -2.27. The minimum absolute atomic E-state index is 0.208. The van der Waals surface area contributed by atoms with Gasteiger partial charge in [-0.2, -0.15) is 4.73 Å². The third-order valence-electron chi connectivity index (χ3n) is 2.00. The molecule has 0 aromatic carbocycles. The van der Waals surface area contributed by atoms with E-state index in [-0.39, 0.29) is 5.15 Å². The summed E-state index contributed by atoms with van der Waals surface area (Å²) in [5.74, 6) is 0.582. The van der Waals surface area contributed by atoms with E-state index in [9.17, 15) is 5.21 Å². The summed E-state index contributed by atoms with van der Waals surface area (Å²) in [6.07, 6.45) is 3.94. The maximum absolute atomic E-state index is 11.1. The normalized spacial score (nSPS) is 16.5. The Morgan fingerprint density at radius 3 is 2.75 bits per heavy atom. The first kappa shape index (κ1) is 8.32. The molecule has 0 amide bonds. The van der Waals surface area contributed by atoms with Gasteiger partial charge in [-0.15, -0.1) is 0 Å². The summed E-state index contributed by atoms with van der Waals surface area (Å²) in [5, 5.41) is 11.4. The molecule has 0 N–H and O–H groups in total. The maximum atomic E-state index is 11.1. The molecule has 0 radical (unpaired) electrons. The summed E-state index contributed by atoms with van der Waals surface area (Å²) in [6, 6.07) is 1.92. The number of hydrogen-bond acceptors (Lipinski definition) is 1. The number of pyridine rings is 1. The highest BCUT2D eigenvalue weighted by molar-refractivity contribution is 9.10. The van der Waals surface area contributed by atoms with Gasteiger partial charge in [0.2, 0.25) is 0 Å². The molecule has 1 aromatic heterocycles. The van der Waals surface area contributed by atoms with E-state index in [2.05, 4.69) is 15.9 Å². The van der Waals surface area contributed by atoms with Crippen molar-refractivity contribution in [3.05, 3.63) is 32.7 Å². The first-order valence-electron chi connectivity index (χ1n) is 3.76. The summed E-state index contributed by atoms with van der Waals surface area (Å²) in [5.41, 5.74) is 1.08. The average Bonchev–Trinajstić information content (AvgIpc) is 2.81. The van der Waals surface area contributed by atoms with Crippen molar-refractivity contribution in [2.75, 3.05) is 0 Å². The van der Waals surface area contributed by atoms with Crippen LogP contribution in [-0.2, 0) is 0 Å². The number of aromatic nitrogens is 1.